The molecular formula is C40H42O6. The Morgan fingerprint density at radius 2 is 0.870 bits per heavy atom. The van der Waals surface area contributed by atoms with Crippen LogP contribution in [-0.2, 0) is 10.8 Å². The highest BCUT2D eigenvalue weighted by Crippen LogP contribution is 2.63. The van der Waals surface area contributed by atoms with E-state index in [1.54, 1.807) is 12.1 Å². The summed E-state index contributed by atoms with van der Waals surface area (Å²) in [6.45, 7) is 0. The van der Waals surface area contributed by atoms with Crippen LogP contribution in [0.1, 0.15) is 109 Å². The van der Waals surface area contributed by atoms with Crippen LogP contribution in [0.25, 0.3) is 0 Å². The van der Waals surface area contributed by atoms with E-state index in [-0.39, 0.29) is 10.8 Å². The van der Waals surface area contributed by atoms with Gasteiger partial charge < -0.3 is 19.7 Å². The molecule has 0 radical (unpaired) electrons. The second-order valence-electron chi connectivity index (χ2n) is 16.1. The molecule has 11 rings (SSSR count). The molecular weight excluding hydrogens is 576 g/mol. The molecule has 8 saturated carbocycles. The third-order valence-electron chi connectivity index (χ3n) is 12.9. The van der Waals surface area contributed by atoms with Crippen LogP contribution in [0.3, 0.4) is 0 Å². The molecule has 0 saturated heterocycles. The molecule has 0 aromatic heterocycles. The van der Waals surface area contributed by atoms with E-state index in [1.807, 2.05) is 48.5 Å². The fraction of sp³-hybridized carbons (Fsp3) is 0.500. The standard InChI is InChI=1S/C40H42O6/c41-37(42)29-4-6-35(33(14-29)39-17-23-8-24(18-39)10-25(9-23)19-39)45-31-2-1-3-32(16-31)46-36-7-5-30(38(43)44)15-34(36)40-20-26-11-27(21-40)13-28(12-26)22-40/h1-7,14-16,23-28H,8-13,17-22H2,(H,41,42)(H,43,44). The van der Waals surface area contributed by atoms with Crippen LogP contribution in [0.2, 0.25) is 0 Å². The molecule has 0 atom stereocenters. The average Bonchev–Trinajstić information content (AvgIpc) is 3.00. The minimum absolute atomic E-state index is 0.0255. The van der Waals surface area contributed by atoms with Gasteiger partial charge in [0, 0.05) is 17.2 Å². The zero-order chi connectivity index (χ0) is 31.2. The molecule has 238 valence electrons. The topological polar surface area (TPSA) is 93.1 Å². The molecule has 0 aliphatic heterocycles. The van der Waals surface area contributed by atoms with E-state index in [0.717, 1.165) is 96.7 Å². The first-order valence-electron chi connectivity index (χ1n) is 17.4. The second kappa shape index (κ2) is 10.4. The predicted molar refractivity (Wildman–Crippen MR) is 173 cm³/mol. The Kier molecular flexibility index (Phi) is 6.40. The maximum Gasteiger partial charge on any atom is 0.335 e. The van der Waals surface area contributed by atoms with Crippen molar-refractivity contribution in [2.24, 2.45) is 35.5 Å². The summed E-state index contributed by atoms with van der Waals surface area (Å²) in [4.78, 5) is 24.1. The highest BCUT2D eigenvalue weighted by molar-refractivity contribution is 5.89. The number of aromatic carboxylic acids is 2. The average molecular weight is 619 g/mol. The van der Waals surface area contributed by atoms with Gasteiger partial charge in [0.15, 0.2) is 0 Å². The van der Waals surface area contributed by atoms with Gasteiger partial charge in [-0.05, 0) is 172 Å². The van der Waals surface area contributed by atoms with E-state index >= 15 is 0 Å². The zero-order valence-corrected chi connectivity index (χ0v) is 26.3. The summed E-state index contributed by atoms with van der Waals surface area (Å²) in [5.41, 5.74) is 2.68. The Morgan fingerprint density at radius 3 is 1.20 bits per heavy atom. The number of hydrogen-bond donors (Lipinski definition) is 2. The van der Waals surface area contributed by atoms with Crippen LogP contribution >= 0.6 is 0 Å². The van der Waals surface area contributed by atoms with Crippen LogP contribution in [0.15, 0.2) is 60.7 Å². The lowest BCUT2D eigenvalue weighted by Crippen LogP contribution is -2.48. The molecule has 0 unspecified atom stereocenters. The van der Waals surface area contributed by atoms with Crippen molar-refractivity contribution in [1.29, 1.82) is 0 Å². The van der Waals surface area contributed by atoms with Gasteiger partial charge in [-0.1, -0.05) is 6.07 Å². The first kappa shape index (κ1) is 28.4. The first-order valence-corrected chi connectivity index (χ1v) is 17.4. The fourth-order valence-electron chi connectivity index (χ4n) is 12.1. The van der Waals surface area contributed by atoms with Crippen molar-refractivity contribution in [3.63, 3.8) is 0 Å². The number of hydrogen-bond acceptors (Lipinski definition) is 4. The van der Waals surface area contributed by atoms with Gasteiger partial charge in [0.1, 0.15) is 23.0 Å². The van der Waals surface area contributed by atoms with E-state index in [0.29, 0.717) is 22.6 Å². The van der Waals surface area contributed by atoms with Crippen molar-refractivity contribution < 1.29 is 29.3 Å². The molecule has 8 fully saturated rings. The lowest BCUT2D eigenvalue weighted by molar-refractivity contribution is -0.00613. The van der Waals surface area contributed by atoms with E-state index in [1.165, 1.54) is 38.5 Å². The minimum atomic E-state index is -0.906. The number of carboxylic acid groups (broad SMARTS) is 2. The molecule has 8 aliphatic carbocycles. The molecule has 0 spiro atoms. The van der Waals surface area contributed by atoms with Gasteiger partial charge in [0.05, 0.1) is 11.1 Å². The van der Waals surface area contributed by atoms with Gasteiger partial charge in [-0.15, -0.1) is 0 Å². The molecule has 3 aromatic rings. The summed E-state index contributed by atoms with van der Waals surface area (Å²) in [7, 11) is 0. The van der Waals surface area contributed by atoms with Gasteiger partial charge >= 0.3 is 11.9 Å². The SMILES string of the molecule is O=C(O)c1ccc(Oc2cccc(Oc3ccc(C(=O)O)cc3C34CC5CC(CC(C5)C3)C4)c2)c(C23CC4CC(CC(C4)C2)C3)c1. The van der Waals surface area contributed by atoms with Crippen molar-refractivity contribution in [2.75, 3.05) is 0 Å². The third-order valence-corrected chi connectivity index (χ3v) is 12.9. The van der Waals surface area contributed by atoms with Crippen LogP contribution in [0.4, 0.5) is 0 Å². The number of carbonyl (C=O) groups is 2. The van der Waals surface area contributed by atoms with E-state index < -0.39 is 11.9 Å². The number of rotatable bonds is 8. The van der Waals surface area contributed by atoms with Crippen LogP contribution in [0, 0.1) is 35.5 Å². The molecule has 6 nitrogen and oxygen atoms in total. The molecule has 0 heterocycles. The monoisotopic (exact) mass is 618 g/mol. The van der Waals surface area contributed by atoms with E-state index in [4.69, 9.17) is 9.47 Å². The van der Waals surface area contributed by atoms with Crippen molar-refractivity contribution in [3.8, 4) is 23.0 Å². The van der Waals surface area contributed by atoms with Gasteiger partial charge in [-0.3, -0.25) is 0 Å². The van der Waals surface area contributed by atoms with Crippen molar-refractivity contribution >= 4 is 11.9 Å². The third kappa shape index (κ3) is 4.74. The van der Waals surface area contributed by atoms with E-state index in [2.05, 4.69) is 0 Å². The summed E-state index contributed by atoms with van der Waals surface area (Å²) in [6, 6.07) is 18.5. The van der Waals surface area contributed by atoms with Crippen molar-refractivity contribution in [3.05, 3.63) is 82.9 Å². The molecule has 2 N–H and O–H groups in total. The largest absolute Gasteiger partial charge is 0.478 e. The molecule has 8 aliphatic rings. The summed E-state index contributed by atoms with van der Waals surface area (Å²) in [5, 5.41) is 19.8. The Balaban J connectivity index is 1.04. The molecule has 46 heavy (non-hydrogen) atoms. The quantitative estimate of drug-likeness (QED) is 0.261. The van der Waals surface area contributed by atoms with Gasteiger partial charge in [-0.25, -0.2) is 9.59 Å². The predicted octanol–water partition coefficient (Wildman–Crippen LogP) is 9.60. The fourth-order valence-corrected chi connectivity index (χ4v) is 12.1. The van der Waals surface area contributed by atoms with Crippen LogP contribution in [0.5, 0.6) is 23.0 Å². The van der Waals surface area contributed by atoms with Crippen LogP contribution in [-0.4, -0.2) is 22.2 Å². The minimum Gasteiger partial charge on any atom is -0.478 e. The molecule has 6 heteroatoms. The maximum atomic E-state index is 12.1. The highest BCUT2D eigenvalue weighted by atomic mass is 16.5. The summed E-state index contributed by atoms with van der Waals surface area (Å²) in [6.07, 6.45) is 14.5. The Bertz CT molecular complexity index is 1540. The van der Waals surface area contributed by atoms with Gasteiger partial charge in [0.2, 0.25) is 0 Å². The normalized spacial score (nSPS) is 34.9. The molecule has 8 bridgehead atoms. The number of carboxylic acids is 2. The lowest BCUT2D eigenvalue weighted by Gasteiger charge is -2.57. The summed E-state index contributed by atoms with van der Waals surface area (Å²) >= 11 is 0. The second-order valence-corrected chi connectivity index (χ2v) is 16.1. The Morgan fingerprint density at radius 1 is 0.522 bits per heavy atom. The van der Waals surface area contributed by atoms with Gasteiger partial charge in [0.25, 0.3) is 0 Å². The molecule has 3 aromatic carbocycles. The smallest absolute Gasteiger partial charge is 0.335 e. The van der Waals surface area contributed by atoms with Gasteiger partial charge in [-0.2, -0.15) is 0 Å². The van der Waals surface area contributed by atoms with Crippen LogP contribution < -0.4 is 9.47 Å². The van der Waals surface area contributed by atoms with E-state index in [9.17, 15) is 19.8 Å². The lowest BCUT2D eigenvalue weighted by atomic mass is 9.48. The molecule has 0 amide bonds. The zero-order valence-electron chi connectivity index (χ0n) is 26.3. The maximum absolute atomic E-state index is 12.1. The first-order chi connectivity index (χ1) is 22.2. The Hall–Kier alpha value is -3.80. The Labute approximate surface area is 270 Å². The summed E-state index contributed by atoms with van der Waals surface area (Å²) in [5.74, 6) is 5.29. The number of ether oxygens (including phenoxy) is 2. The number of benzene rings is 3. The highest BCUT2D eigenvalue weighted by Gasteiger charge is 2.54. The van der Waals surface area contributed by atoms with Crippen molar-refractivity contribution in [2.45, 2.75) is 87.9 Å². The summed E-state index contributed by atoms with van der Waals surface area (Å²) < 4.78 is 13.3. The van der Waals surface area contributed by atoms with Crippen molar-refractivity contribution in [1.82, 2.24) is 0 Å².